The van der Waals surface area contributed by atoms with E-state index in [2.05, 4.69) is 11.9 Å². The Balaban J connectivity index is 2.62. The summed E-state index contributed by atoms with van der Waals surface area (Å²) in [5, 5.41) is 12.7. The van der Waals surface area contributed by atoms with Gasteiger partial charge in [-0.3, -0.25) is 0 Å². The molecule has 0 bridgehead atoms. The number of hydrogen-bond acceptors (Lipinski definition) is 2. The highest BCUT2D eigenvalue weighted by Crippen LogP contribution is 2.15. The SMILES string of the molecule is C=CC(C)NCC(O)c1ccc(F)c(F)c1. The van der Waals surface area contributed by atoms with Gasteiger partial charge in [-0.25, -0.2) is 8.78 Å². The summed E-state index contributed by atoms with van der Waals surface area (Å²) in [6, 6.07) is 3.42. The summed E-state index contributed by atoms with van der Waals surface area (Å²) in [6.07, 6.45) is 0.829. The highest BCUT2D eigenvalue weighted by molar-refractivity contribution is 5.20. The minimum atomic E-state index is -0.951. The van der Waals surface area contributed by atoms with Crippen molar-refractivity contribution in [1.82, 2.24) is 5.32 Å². The van der Waals surface area contributed by atoms with E-state index in [1.165, 1.54) is 6.07 Å². The van der Waals surface area contributed by atoms with Crippen molar-refractivity contribution in [1.29, 1.82) is 0 Å². The zero-order valence-corrected chi connectivity index (χ0v) is 9.08. The monoisotopic (exact) mass is 227 g/mol. The average molecular weight is 227 g/mol. The fourth-order valence-electron chi connectivity index (χ4n) is 1.22. The zero-order chi connectivity index (χ0) is 12.1. The van der Waals surface area contributed by atoms with E-state index in [4.69, 9.17) is 0 Å². The largest absolute Gasteiger partial charge is 0.387 e. The van der Waals surface area contributed by atoms with Gasteiger partial charge in [0.2, 0.25) is 0 Å². The second-order valence-corrected chi connectivity index (χ2v) is 3.62. The second-order valence-electron chi connectivity index (χ2n) is 3.62. The van der Waals surface area contributed by atoms with E-state index in [-0.39, 0.29) is 12.6 Å². The molecule has 0 aliphatic heterocycles. The number of aliphatic hydroxyl groups excluding tert-OH is 1. The van der Waals surface area contributed by atoms with Gasteiger partial charge in [-0.05, 0) is 24.6 Å². The number of halogens is 2. The lowest BCUT2D eigenvalue weighted by Gasteiger charge is -2.14. The molecule has 4 heteroatoms. The van der Waals surface area contributed by atoms with Crippen molar-refractivity contribution in [3.63, 3.8) is 0 Å². The van der Waals surface area contributed by atoms with Gasteiger partial charge in [0.15, 0.2) is 11.6 Å². The molecule has 1 aromatic carbocycles. The van der Waals surface area contributed by atoms with Crippen LogP contribution in [-0.2, 0) is 0 Å². The van der Waals surface area contributed by atoms with Gasteiger partial charge in [-0.1, -0.05) is 12.1 Å². The third-order valence-corrected chi connectivity index (χ3v) is 2.32. The lowest BCUT2D eigenvalue weighted by Crippen LogP contribution is -2.28. The van der Waals surface area contributed by atoms with E-state index in [1.54, 1.807) is 6.08 Å². The van der Waals surface area contributed by atoms with Crippen molar-refractivity contribution >= 4 is 0 Å². The van der Waals surface area contributed by atoms with E-state index in [1.807, 2.05) is 6.92 Å². The third kappa shape index (κ3) is 3.40. The maximum absolute atomic E-state index is 12.9. The fraction of sp³-hybridized carbons (Fsp3) is 0.333. The summed E-state index contributed by atoms with van der Waals surface area (Å²) in [5.74, 6) is -1.86. The molecule has 1 rings (SSSR count). The quantitative estimate of drug-likeness (QED) is 0.755. The molecule has 0 heterocycles. The zero-order valence-electron chi connectivity index (χ0n) is 9.08. The van der Waals surface area contributed by atoms with Crippen LogP contribution in [0.25, 0.3) is 0 Å². The van der Waals surface area contributed by atoms with Gasteiger partial charge >= 0.3 is 0 Å². The van der Waals surface area contributed by atoms with Gasteiger partial charge in [0.05, 0.1) is 6.10 Å². The van der Waals surface area contributed by atoms with Gasteiger partial charge in [-0.15, -0.1) is 6.58 Å². The number of hydrogen-bond donors (Lipinski definition) is 2. The predicted molar refractivity (Wildman–Crippen MR) is 59.0 cm³/mol. The van der Waals surface area contributed by atoms with Crippen LogP contribution in [0.2, 0.25) is 0 Å². The molecular formula is C12H15F2NO. The summed E-state index contributed by atoms with van der Waals surface area (Å²) in [4.78, 5) is 0. The Labute approximate surface area is 93.6 Å². The lowest BCUT2D eigenvalue weighted by molar-refractivity contribution is 0.172. The van der Waals surface area contributed by atoms with Crippen LogP contribution in [0.5, 0.6) is 0 Å². The summed E-state index contributed by atoms with van der Waals surface area (Å²) in [5.41, 5.74) is 0.350. The Morgan fingerprint density at radius 3 is 2.69 bits per heavy atom. The Kier molecular flexibility index (Phi) is 4.58. The van der Waals surface area contributed by atoms with Crippen LogP contribution < -0.4 is 5.32 Å². The normalized spacial score (nSPS) is 14.5. The molecule has 0 fully saturated rings. The summed E-state index contributed by atoms with van der Waals surface area (Å²) < 4.78 is 25.5. The van der Waals surface area contributed by atoms with Crippen LogP contribution in [0.15, 0.2) is 30.9 Å². The smallest absolute Gasteiger partial charge is 0.159 e. The van der Waals surface area contributed by atoms with Gasteiger partial charge in [0.25, 0.3) is 0 Å². The molecular weight excluding hydrogens is 212 g/mol. The summed E-state index contributed by atoms with van der Waals surface area (Å²) in [7, 11) is 0. The maximum Gasteiger partial charge on any atom is 0.159 e. The predicted octanol–water partition coefficient (Wildman–Crippen LogP) is 2.16. The molecule has 0 aromatic heterocycles. The fourth-order valence-corrected chi connectivity index (χ4v) is 1.22. The first kappa shape index (κ1) is 12.8. The molecule has 2 atom stereocenters. The van der Waals surface area contributed by atoms with Crippen molar-refractivity contribution in [3.05, 3.63) is 48.1 Å². The Morgan fingerprint density at radius 1 is 1.44 bits per heavy atom. The molecule has 0 radical (unpaired) electrons. The van der Waals surface area contributed by atoms with E-state index in [9.17, 15) is 13.9 Å². The van der Waals surface area contributed by atoms with Gasteiger partial charge in [0, 0.05) is 12.6 Å². The molecule has 2 nitrogen and oxygen atoms in total. The molecule has 0 saturated heterocycles. The van der Waals surface area contributed by atoms with Crippen molar-refractivity contribution in [2.45, 2.75) is 19.1 Å². The van der Waals surface area contributed by atoms with Gasteiger partial charge in [0.1, 0.15) is 0 Å². The van der Waals surface area contributed by atoms with Crippen LogP contribution in [0.1, 0.15) is 18.6 Å². The summed E-state index contributed by atoms with van der Waals surface area (Å²) in [6.45, 7) is 5.73. The molecule has 1 aromatic rings. The molecule has 2 N–H and O–H groups in total. The molecule has 0 amide bonds. The van der Waals surface area contributed by atoms with Crippen molar-refractivity contribution in [3.8, 4) is 0 Å². The first-order valence-corrected chi connectivity index (χ1v) is 5.03. The Morgan fingerprint density at radius 2 is 2.12 bits per heavy atom. The van der Waals surface area contributed by atoms with Crippen molar-refractivity contribution in [2.75, 3.05) is 6.54 Å². The number of benzene rings is 1. The summed E-state index contributed by atoms with van der Waals surface area (Å²) >= 11 is 0. The third-order valence-electron chi connectivity index (χ3n) is 2.32. The minimum Gasteiger partial charge on any atom is -0.387 e. The van der Waals surface area contributed by atoms with E-state index >= 15 is 0 Å². The number of rotatable bonds is 5. The molecule has 0 saturated carbocycles. The molecule has 0 spiro atoms. The molecule has 0 aliphatic carbocycles. The van der Waals surface area contributed by atoms with Gasteiger partial charge in [-0.2, -0.15) is 0 Å². The molecule has 88 valence electrons. The first-order valence-electron chi connectivity index (χ1n) is 5.03. The van der Waals surface area contributed by atoms with E-state index < -0.39 is 17.7 Å². The standard InChI is InChI=1S/C12H15F2NO/c1-3-8(2)15-7-12(16)9-4-5-10(13)11(14)6-9/h3-6,8,12,15-16H,1,7H2,2H3. The second kappa shape index (κ2) is 5.72. The lowest BCUT2D eigenvalue weighted by atomic mass is 10.1. The molecule has 0 aliphatic rings. The van der Waals surface area contributed by atoms with Gasteiger partial charge < -0.3 is 10.4 Å². The van der Waals surface area contributed by atoms with Crippen molar-refractivity contribution in [2.24, 2.45) is 0 Å². The van der Waals surface area contributed by atoms with Crippen LogP contribution in [0.4, 0.5) is 8.78 Å². The van der Waals surface area contributed by atoms with E-state index in [0.29, 0.717) is 5.56 Å². The Hall–Kier alpha value is -1.26. The minimum absolute atomic E-state index is 0.0555. The highest BCUT2D eigenvalue weighted by atomic mass is 19.2. The van der Waals surface area contributed by atoms with E-state index in [0.717, 1.165) is 12.1 Å². The maximum atomic E-state index is 12.9. The van der Waals surface area contributed by atoms with Crippen LogP contribution in [0.3, 0.4) is 0 Å². The van der Waals surface area contributed by atoms with Crippen LogP contribution >= 0.6 is 0 Å². The van der Waals surface area contributed by atoms with Crippen molar-refractivity contribution < 1.29 is 13.9 Å². The van der Waals surface area contributed by atoms with Crippen LogP contribution in [0, 0.1) is 11.6 Å². The van der Waals surface area contributed by atoms with Crippen LogP contribution in [-0.4, -0.2) is 17.7 Å². The number of aliphatic hydroxyl groups is 1. The first-order chi connectivity index (χ1) is 7.54. The average Bonchev–Trinajstić information content (AvgIpc) is 2.29. The molecule has 16 heavy (non-hydrogen) atoms. The molecule has 2 unspecified atom stereocenters. The Bertz CT molecular complexity index is 368. The topological polar surface area (TPSA) is 32.3 Å². The highest BCUT2D eigenvalue weighted by Gasteiger charge is 2.11. The number of nitrogens with one attached hydrogen (secondary N) is 1.